The molecule has 1 saturated carbocycles. The lowest BCUT2D eigenvalue weighted by molar-refractivity contribution is 0.0934. The first-order valence-electron chi connectivity index (χ1n) is 11.2. The molecule has 3 rings (SSSR count). The zero-order valence-corrected chi connectivity index (χ0v) is 20.4. The highest BCUT2D eigenvalue weighted by Crippen LogP contribution is 2.29. The maximum Gasteiger partial charge on any atom is 0.251 e. The summed E-state index contributed by atoms with van der Waals surface area (Å²) >= 11 is 0. The molecule has 0 bridgehead atoms. The van der Waals surface area contributed by atoms with Gasteiger partial charge in [-0.25, -0.2) is 13.1 Å². The molecule has 1 unspecified atom stereocenters. The summed E-state index contributed by atoms with van der Waals surface area (Å²) in [5.74, 6) is 0.613. The Labute approximate surface area is 196 Å². The monoisotopic (exact) mass is 475 g/mol. The predicted molar refractivity (Wildman–Crippen MR) is 127 cm³/mol. The number of carbonyl (C=O) groups excluding carboxylic acids is 1. The van der Waals surface area contributed by atoms with Crippen molar-refractivity contribution in [2.24, 2.45) is 0 Å². The van der Waals surface area contributed by atoms with Gasteiger partial charge in [0.2, 0.25) is 10.0 Å². The zero-order chi connectivity index (χ0) is 24.0. The Morgan fingerprint density at radius 3 is 2.42 bits per heavy atom. The molecule has 1 aliphatic carbocycles. The lowest BCUT2D eigenvalue weighted by Crippen LogP contribution is -2.38. The Kier molecular flexibility index (Phi) is 8.34. The van der Waals surface area contributed by atoms with Crippen molar-refractivity contribution in [1.29, 1.82) is 0 Å². The molecule has 0 heterocycles. The van der Waals surface area contributed by atoms with Gasteiger partial charge in [-0.2, -0.15) is 0 Å². The van der Waals surface area contributed by atoms with Gasteiger partial charge in [0, 0.05) is 18.2 Å². The molecular weight excluding hydrogens is 442 g/mol. The lowest BCUT2D eigenvalue weighted by Gasteiger charge is -2.30. The largest absolute Gasteiger partial charge is 0.497 e. The first-order chi connectivity index (χ1) is 15.8. The first kappa shape index (κ1) is 25.0. The van der Waals surface area contributed by atoms with E-state index < -0.39 is 10.0 Å². The minimum absolute atomic E-state index is 0.0300. The second kappa shape index (κ2) is 11.0. The number of benzene rings is 2. The third kappa shape index (κ3) is 6.25. The fourth-order valence-electron chi connectivity index (χ4n) is 3.77. The van der Waals surface area contributed by atoms with E-state index in [0.717, 1.165) is 37.2 Å². The van der Waals surface area contributed by atoms with E-state index in [1.54, 1.807) is 13.2 Å². The van der Waals surface area contributed by atoms with Crippen LogP contribution in [0, 0.1) is 0 Å². The fraction of sp³-hybridized carbons (Fsp3) is 0.458. The maximum absolute atomic E-state index is 13.0. The first-order valence-corrected chi connectivity index (χ1v) is 12.7. The Balaban J connectivity index is 1.81. The molecule has 0 spiro atoms. The van der Waals surface area contributed by atoms with Crippen LogP contribution in [0.25, 0.3) is 0 Å². The van der Waals surface area contributed by atoms with Crippen LogP contribution in [0.15, 0.2) is 47.4 Å². The molecule has 1 fully saturated rings. The van der Waals surface area contributed by atoms with Gasteiger partial charge in [0.1, 0.15) is 16.4 Å². The van der Waals surface area contributed by atoms with Gasteiger partial charge >= 0.3 is 0 Å². The van der Waals surface area contributed by atoms with Crippen molar-refractivity contribution in [3.63, 3.8) is 0 Å². The molecule has 0 radical (unpaired) electrons. The number of hydrogen-bond acceptors (Lipinski definition) is 6. The second-order valence-electron chi connectivity index (χ2n) is 7.98. The number of ether oxygens (including phenoxy) is 2. The number of amides is 1. The van der Waals surface area contributed by atoms with E-state index in [0.29, 0.717) is 6.54 Å². The van der Waals surface area contributed by atoms with Crippen LogP contribution in [0.3, 0.4) is 0 Å². The highest BCUT2D eigenvalue weighted by atomic mass is 32.2. The summed E-state index contributed by atoms with van der Waals surface area (Å²) < 4.78 is 38.8. The zero-order valence-electron chi connectivity index (χ0n) is 19.6. The van der Waals surface area contributed by atoms with E-state index in [1.165, 1.54) is 19.2 Å². The number of methoxy groups -OCH3 is 2. The van der Waals surface area contributed by atoms with Crippen LogP contribution in [0.4, 0.5) is 0 Å². The normalized spacial score (nSPS) is 14.7. The minimum Gasteiger partial charge on any atom is -0.497 e. The fourth-order valence-corrected chi connectivity index (χ4v) is 5.27. The van der Waals surface area contributed by atoms with Gasteiger partial charge < -0.3 is 14.8 Å². The predicted octanol–water partition coefficient (Wildman–Crippen LogP) is 2.96. The number of carbonyl (C=O) groups is 1. The summed E-state index contributed by atoms with van der Waals surface area (Å²) in [6, 6.07) is 12.2. The van der Waals surface area contributed by atoms with Gasteiger partial charge in [-0.1, -0.05) is 26.0 Å². The molecule has 180 valence electrons. The molecule has 2 N–H and O–H groups in total. The second-order valence-corrected chi connectivity index (χ2v) is 9.67. The summed E-state index contributed by atoms with van der Waals surface area (Å²) in [5.41, 5.74) is 1.29. The van der Waals surface area contributed by atoms with Crippen molar-refractivity contribution in [3.8, 4) is 11.5 Å². The van der Waals surface area contributed by atoms with E-state index in [-0.39, 0.29) is 34.2 Å². The van der Waals surface area contributed by atoms with Gasteiger partial charge in [-0.3, -0.25) is 9.69 Å². The van der Waals surface area contributed by atoms with Gasteiger partial charge in [-0.05, 0) is 61.8 Å². The molecule has 2 aromatic carbocycles. The third-order valence-electron chi connectivity index (χ3n) is 5.80. The molecule has 1 amide bonds. The average molecular weight is 476 g/mol. The van der Waals surface area contributed by atoms with E-state index in [2.05, 4.69) is 28.8 Å². The Bertz CT molecular complexity index is 1070. The molecule has 0 aromatic heterocycles. The quantitative estimate of drug-likeness (QED) is 0.490. The van der Waals surface area contributed by atoms with Crippen LogP contribution in [0.2, 0.25) is 0 Å². The van der Waals surface area contributed by atoms with Crippen LogP contribution >= 0.6 is 0 Å². The van der Waals surface area contributed by atoms with Crippen molar-refractivity contribution in [3.05, 3.63) is 53.6 Å². The van der Waals surface area contributed by atoms with Crippen molar-refractivity contribution < 1.29 is 22.7 Å². The Hall–Kier alpha value is -2.62. The lowest BCUT2D eigenvalue weighted by atomic mass is 10.0. The molecular formula is C24H33N3O5S. The molecule has 9 heteroatoms. The highest BCUT2D eigenvalue weighted by molar-refractivity contribution is 7.89. The van der Waals surface area contributed by atoms with Crippen molar-refractivity contribution >= 4 is 15.9 Å². The van der Waals surface area contributed by atoms with E-state index in [1.807, 2.05) is 24.3 Å². The summed E-state index contributed by atoms with van der Waals surface area (Å²) in [6.07, 6.45) is 1.64. The molecule has 33 heavy (non-hydrogen) atoms. The average Bonchev–Trinajstić information content (AvgIpc) is 3.64. The molecule has 0 saturated heterocycles. The molecule has 0 aliphatic heterocycles. The van der Waals surface area contributed by atoms with E-state index >= 15 is 0 Å². The number of likely N-dealkylation sites (N-methyl/N-ethyl adjacent to an activating group) is 1. The summed E-state index contributed by atoms with van der Waals surface area (Å²) in [4.78, 5) is 15.2. The van der Waals surface area contributed by atoms with Crippen LogP contribution in [0.1, 0.15) is 48.7 Å². The van der Waals surface area contributed by atoms with Gasteiger partial charge in [0.05, 0.1) is 20.3 Å². The third-order valence-corrected chi connectivity index (χ3v) is 7.34. The van der Waals surface area contributed by atoms with E-state index in [4.69, 9.17) is 9.47 Å². The smallest absolute Gasteiger partial charge is 0.251 e. The molecule has 8 nitrogen and oxygen atoms in total. The molecule has 1 atom stereocenters. The SMILES string of the molecule is CCN(CC)C(CNC(=O)c1ccc(OC)c(S(=O)(=O)NC2CC2)c1)c1cccc(OC)c1. The van der Waals surface area contributed by atoms with Gasteiger partial charge in [0.15, 0.2) is 0 Å². The Morgan fingerprint density at radius 2 is 1.82 bits per heavy atom. The number of rotatable bonds is 12. The maximum atomic E-state index is 13.0. The van der Waals surface area contributed by atoms with Crippen LogP contribution in [-0.4, -0.2) is 59.1 Å². The summed E-state index contributed by atoms with van der Waals surface area (Å²) in [6.45, 7) is 6.14. The summed E-state index contributed by atoms with van der Waals surface area (Å²) in [5, 5.41) is 2.98. The van der Waals surface area contributed by atoms with Crippen LogP contribution < -0.4 is 19.5 Å². The van der Waals surface area contributed by atoms with Crippen molar-refractivity contribution in [2.75, 3.05) is 33.9 Å². The number of hydrogen-bond donors (Lipinski definition) is 2. The minimum atomic E-state index is -3.78. The summed E-state index contributed by atoms with van der Waals surface area (Å²) in [7, 11) is -0.740. The Morgan fingerprint density at radius 1 is 1.09 bits per heavy atom. The standard InChI is InChI=1S/C24H33N3O5S/c1-5-27(6-2)21(17-8-7-9-20(14-17)31-3)16-25-24(28)18-10-13-22(32-4)23(15-18)33(29,30)26-19-11-12-19/h7-10,13-15,19,21,26H,5-6,11-12,16H2,1-4H3,(H,25,28). The van der Waals surface area contributed by atoms with Crippen molar-refractivity contribution in [2.45, 2.75) is 43.7 Å². The molecule has 2 aromatic rings. The van der Waals surface area contributed by atoms with Gasteiger partial charge in [0.25, 0.3) is 5.91 Å². The number of sulfonamides is 1. The highest BCUT2D eigenvalue weighted by Gasteiger charge is 2.30. The van der Waals surface area contributed by atoms with Crippen molar-refractivity contribution in [1.82, 2.24) is 14.9 Å². The number of nitrogens with one attached hydrogen (secondary N) is 2. The topological polar surface area (TPSA) is 97.0 Å². The number of nitrogens with zero attached hydrogens (tertiary/aromatic N) is 1. The van der Waals surface area contributed by atoms with Crippen LogP contribution in [-0.2, 0) is 10.0 Å². The molecule has 1 aliphatic rings. The van der Waals surface area contributed by atoms with E-state index in [9.17, 15) is 13.2 Å². The van der Waals surface area contributed by atoms with Crippen LogP contribution in [0.5, 0.6) is 11.5 Å². The van der Waals surface area contributed by atoms with Gasteiger partial charge in [-0.15, -0.1) is 0 Å².